The number of hydrogen-bond acceptors (Lipinski definition) is 3. The Morgan fingerprint density at radius 3 is 2.67 bits per heavy atom. The third-order valence-corrected chi connectivity index (χ3v) is 4.45. The minimum Gasteiger partial charge on any atom is -0.300 e. The Morgan fingerprint density at radius 2 is 2.13 bits per heavy atom. The van der Waals surface area contributed by atoms with Crippen molar-refractivity contribution in [1.82, 2.24) is 5.32 Å². The molecule has 0 amide bonds. The van der Waals surface area contributed by atoms with Crippen LogP contribution in [0, 0.1) is 11.3 Å². The molecular formula is C12H22N2S. The first kappa shape index (κ1) is 12.9. The zero-order valence-electron chi connectivity index (χ0n) is 9.88. The summed E-state index contributed by atoms with van der Waals surface area (Å²) < 4.78 is 0. The van der Waals surface area contributed by atoms with Gasteiger partial charge in [0.05, 0.1) is 6.07 Å². The predicted octanol–water partition coefficient (Wildman–Crippen LogP) is 2.94. The van der Waals surface area contributed by atoms with Crippen molar-refractivity contribution < 1.29 is 0 Å². The molecule has 0 radical (unpaired) electrons. The molecule has 0 saturated heterocycles. The van der Waals surface area contributed by atoms with Gasteiger partial charge in [-0.05, 0) is 38.5 Å². The highest BCUT2D eigenvalue weighted by atomic mass is 32.2. The molecule has 2 nitrogen and oxygen atoms in total. The van der Waals surface area contributed by atoms with E-state index in [4.69, 9.17) is 5.26 Å². The molecule has 0 aromatic heterocycles. The molecule has 1 saturated carbocycles. The maximum absolute atomic E-state index is 9.09. The monoisotopic (exact) mass is 226 g/mol. The summed E-state index contributed by atoms with van der Waals surface area (Å²) in [6.07, 6.45) is 6.53. The van der Waals surface area contributed by atoms with E-state index in [9.17, 15) is 0 Å². The standard InChI is InChI=1S/C12H22N2S/c1-3-14-12(2,10-13)8-9-15-11-6-4-5-7-11/h11,14H,3-9H2,1-2H3. The highest BCUT2D eigenvalue weighted by Crippen LogP contribution is 2.30. The van der Waals surface area contributed by atoms with Crippen LogP contribution in [0.1, 0.15) is 46.0 Å². The van der Waals surface area contributed by atoms with Crippen LogP contribution in [0.25, 0.3) is 0 Å². The van der Waals surface area contributed by atoms with Crippen LogP contribution in [0.15, 0.2) is 0 Å². The van der Waals surface area contributed by atoms with Crippen LogP contribution >= 0.6 is 11.8 Å². The van der Waals surface area contributed by atoms with Crippen molar-refractivity contribution >= 4 is 11.8 Å². The molecule has 1 N–H and O–H groups in total. The fourth-order valence-electron chi connectivity index (χ4n) is 2.06. The Labute approximate surface area is 97.8 Å². The molecule has 1 aliphatic carbocycles. The van der Waals surface area contributed by atoms with E-state index in [1.54, 1.807) is 0 Å². The molecule has 15 heavy (non-hydrogen) atoms. The Kier molecular flexibility index (Phi) is 5.49. The highest BCUT2D eigenvalue weighted by Gasteiger charge is 2.23. The van der Waals surface area contributed by atoms with Gasteiger partial charge in [-0.3, -0.25) is 5.32 Å². The molecular weight excluding hydrogens is 204 g/mol. The van der Waals surface area contributed by atoms with Crippen LogP contribution in [-0.4, -0.2) is 23.1 Å². The second kappa shape index (κ2) is 6.40. The topological polar surface area (TPSA) is 35.8 Å². The average molecular weight is 226 g/mol. The SMILES string of the molecule is CCNC(C)(C#N)CCSC1CCCC1. The normalized spacial score (nSPS) is 21.1. The van der Waals surface area contributed by atoms with E-state index >= 15 is 0 Å². The summed E-state index contributed by atoms with van der Waals surface area (Å²) in [5, 5.41) is 13.2. The average Bonchev–Trinajstić information content (AvgIpc) is 2.71. The minimum atomic E-state index is -0.319. The van der Waals surface area contributed by atoms with Crippen molar-refractivity contribution in [3.8, 4) is 6.07 Å². The third-order valence-electron chi connectivity index (χ3n) is 3.07. The maximum Gasteiger partial charge on any atom is 0.104 e. The van der Waals surface area contributed by atoms with Gasteiger partial charge in [-0.1, -0.05) is 19.8 Å². The van der Waals surface area contributed by atoms with Gasteiger partial charge in [-0.25, -0.2) is 0 Å². The summed E-state index contributed by atoms with van der Waals surface area (Å²) in [5.74, 6) is 1.11. The second-order valence-corrected chi connectivity index (χ2v) is 5.91. The lowest BCUT2D eigenvalue weighted by molar-refractivity contribution is 0.450. The van der Waals surface area contributed by atoms with Crippen molar-refractivity contribution in [2.75, 3.05) is 12.3 Å². The molecule has 0 aromatic carbocycles. The van der Waals surface area contributed by atoms with Crippen molar-refractivity contribution in [3.05, 3.63) is 0 Å². The fourth-order valence-corrected chi connectivity index (χ4v) is 3.58. The molecule has 1 atom stereocenters. The van der Waals surface area contributed by atoms with Gasteiger partial charge in [0, 0.05) is 5.25 Å². The summed E-state index contributed by atoms with van der Waals surface area (Å²) in [6, 6.07) is 2.38. The molecule has 1 aliphatic rings. The molecule has 0 heterocycles. The smallest absolute Gasteiger partial charge is 0.104 e. The highest BCUT2D eigenvalue weighted by molar-refractivity contribution is 7.99. The quantitative estimate of drug-likeness (QED) is 0.756. The predicted molar refractivity (Wildman–Crippen MR) is 67.0 cm³/mol. The molecule has 86 valence electrons. The van der Waals surface area contributed by atoms with Crippen LogP contribution in [0.2, 0.25) is 0 Å². The summed E-state index contributed by atoms with van der Waals surface area (Å²) in [6.45, 7) is 4.93. The number of nitrogens with zero attached hydrogens (tertiary/aromatic N) is 1. The third kappa shape index (κ3) is 4.44. The molecule has 0 aliphatic heterocycles. The van der Waals surface area contributed by atoms with Gasteiger partial charge >= 0.3 is 0 Å². The number of hydrogen-bond donors (Lipinski definition) is 1. The van der Waals surface area contributed by atoms with Gasteiger partial charge < -0.3 is 0 Å². The van der Waals surface area contributed by atoms with E-state index in [0.29, 0.717) is 0 Å². The maximum atomic E-state index is 9.09. The first-order valence-corrected chi connectivity index (χ1v) is 7.03. The van der Waals surface area contributed by atoms with Crippen LogP contribution < -0.4 is 5.32 Å². The zero-order valence-corrected chi connectivity index (χ0v) is 10.7. The number of rotatable bonds is 6. The summed E-state index contributed by atoms with van der Waals surface area (Å²) >= 11 is 2.06. The number of nitriles is 1. The van der Waals surface area contributed by atoms with Crippen LogP contribution in [0.4, 0.5) is 0 Å². The van der Waals surface area contributed by atoms with Crippen LogP contribution in [-0.2, 0) is 0 Å². The Morgan fingerprint density at radius 1 is 1.47 bits per heavy atom. The molecule has 0 spiro atoms. The molecule has 3 heteroatoms. The van der Waals surface area contributed by atoms with Crippen LogP contribution in [0.3, 0.4) is 0 Å². The molecule has 0 bridgehead atoms. The van der Waals surface area contributed by atoms with E-state index in [1.165, 1.54) is 25.7 Å². The van der Waals surface area contributed by atoms with E-state index < -0.39 is 0 Å². The Hall–Kier alpha value is -0.200. The second-order valence-electron chi connectivity index (χ2n) is 4.50. The van der Waals surface area contributed by atoms with Crippen molar-refractivity contribution in [2.45, 2.75) is 56.7 Å². The van der Waals surface area contributed by atoms with Gasteiger partial charge in [0.1, 0.15) is 5.54 Å². The lowest BCUT2D eigenvalue weighted by atomic mass is 10.0. The van der Waals surface area contributed by atoms with Gasteiger partial charge in [0.15, 0.2) is 0 Å². The van der Waals surface area contributed by atoms with Crippen molar-refractivity contribution in [2.24, 2.45) is 0 Å². The fraction of sp³-hybridized carbons (Fsp3) is 0.917. The van der Waals surface area contributed by atoms with Gasteiger partial charge in [-0.15, -0.1) is 0 Å². The lowest BCUT2D eigenvalue weighted by Gasteiger charge is -2.22. The minimum absolute atomic E-state index is 0.319. The number of thioether (sulfide) groups is 1. The number of nitrogens with one attached hydrogen (secondary N) is 1. The molecule has 1 rings (SSSR count). The Bertz CT molecular complexity index is 218. The summed E-state index contributed by atoms with van der Waals surface area (Å²) in [4.78, 5) is 0. The van der Waals surface area contributed by atoms with Crippen molar-refractivity contribution in [3.63, 3.8) is 0 Å². The molecule has 1 fully saturated rings. The first-order chi connectivity index (χ1) is 7.20. The summed E-state index contributed by atoms with van der Waals surface area (Å²) in [5.41, 5.74) is -0.319. The first-order valence-electron chi connectivity index (χ1n) is 5.98. The van der Waals surface area contributed by atoms with E-state index in [2.05, 4.69) is 30.1 Å². The van der Waals surface area contributed by atoms with E-state index in [0.717, 1.165) is 24.0 Å². The largest absolute Gasteiger partial charge is 0.300 e. The molecule has 1 unspecified atom stereocenters. The van der Waals surface area contributed by atoms with Gasteiger partial charge in [-0.2, -0.15) is 17.0 Å². The summed E-state index contributed by atoms with van der Waals surface area (Å²) in [7, 11) is 0. The van der Waals surface area contributed by atoms with E-state index in [-0.39, 0.29) is 5.54 Å². The Balaban J connectivity index is 2.19. The van der Waals surface area contributed by atoms with Crippen molar-refractivity contribution in [1.29, 1.82) is 5.26 Å². The van der Waals surface area contributed by atoms with E-state index in [1.807, 2.05) is 6.92 Å². The molecule has 0 aromatic rings. The van der Waals surface area contributed by atoms with Gasteiger partial charge in [0.25, 0.3) is 0 Å². The zero-order chi connectivity index (χ0) is 11.1. The van der Waals surface area contributed by atoms with Gasteiger partial charge in [0.2, 0.25) is 0 Å². The van der Waals surface area contributed by atoms with Crippen LogP contribution in [0.5, 0.6) is 0 Å². The lowest BCUT2D eigenvalue weighted by Crippen LogP contribution is -2.41.